The Hall–Kier alpha value is -0.790. The van der Waals surface area contributed by atoms with Crippen molar-refractivity contribution in [2.75, 3.05) is 29.1 Å². The van der Waals surface area contributed by atoms with Crippen LogP contribution in [0.15, 0.2) is 5.38 Å². The first kappa shape index (κ1) is 13.2. The van der Waals surface area contributed by atoms with Gasteiger partial charge >= 0.3 is 0 Å². The second-order valence-electron chi connectivity index (χ2n) is 4.63. The van der Waals surface area contributed by atoms with Crippen LogP contribution in [0.1, 0.15) is 11.4 Å². The summed E-state index contributed by atoms with van der Waals surface area (Å²) in [5.74, 6) is 3.89. The summed E-state index contributed by atoms with van der Waals surface area (Å²) >= 11 is 5.12. The van der Waals surface area contributed by atoms with Gasteiger partial charge in [-0.05, 0) is 42.3 Å². The van der Waals surface area contributed by atoms with E-state index in [-0.39, 0.29) is 0 Å². The Morgan fingerprint density at radius 1 is 1.53 bits per heavy atom. The lowest BCUT2D eigenvalue weighted by atomic mass is 10.1. The molecule has 1 unspecified atom stereocenters. The SMILES string of the molecule is Cc1nc(-c2c(N)nsc2NCC2CCSC2)cs1. The summed E-state index contributed by atoms with van der Waals surface area (Å²) in [5.41, 5.74) is 7.90. The maximum atomic E-state index is 5.99. The van der Waals surface area contributed by atoms with E-state index in [0.717, 1.165) is 33.7 Å². The first-order valence-corrected chi connectivity index (χ1v) is 9.04. The zero-order valence-corrected chi connectivity index (χ0v) is 13.1. The Morgan fingerprint density at radius 2 is 2.42 bits per heavy atom. The minimum absolute atomic E-state index is 0.582. The third-order valence-corrected chi connectivity index (χ3v) is 5.99. The maximum Gasteiger partial charge on any atom is 0.148 e. The minimum atomic E-state index is 0.582. The van der Waals surface area contributed by atoms with E-state index in [1.54, 1.807) is 11.3 Å². The van der Waals surface area contributed by atoms with Gasteiger partial charge in [0.2, 0.25) is 0 Å². The minimum Gasteiger partial charge on any atom is -0.382 e. The second kappa shape index (κ2) is 5.68. The van der Waals surface area contributed by atoms with Crippen molar-refractivity contribution in [3.05, 3.63) is 10.4 Å². The van der Waals surface area contributed by atoms with Crippen molar-refractivity contribution >= 4 is 45.5 Å². The third kappa shape index (κ3) is 2.88. The van der Waals surface area contributed by atoms with Gasteiger partial charge in [-0.2, -0.15) is 16.1 Å². The zero-order valence-electron chi connectivity index (χ0n) is 10.7. The van der Waals surface area contributed by atoms with Gasteiger partial charge in [-0.3, -0.25) is 0 Å². The number of hydrogen-bond acceptors (Lipinski definition) is 7. The van der Waals surface area contributed by atoms with Crippen LogP contribution < -0.4 is 11.1 Å². The van der Waals surface area contributed by atoms with Crippen molar-refractivity contribution in [2.45, 2.75) is 13.3 Å². The Bertz CT molecular complexity index is 557. The maximum absolute atomic E-state index is 5.99. The highest BCUT2D eigenvalue weighted by Gasteiger charge is 2.19. The number of rotatable bonds is 4. The van der Waals surface area contributed by atoms with Crippen LogP contribution >= 0.6 is 34.6 Å². The van der Waals surface area contributed by atoms with E-state index >= 15 is 0 Å². The van der Waals surface area contributed by atoms with Crippen LogP contribution in [0.25, 0.3) is 11.3 Å². The molecule has 0 aromatic carbocycles. The molecule has 3 heterocycles. The molecular weight excluding hydrogens is 296 g/mol. The number of thioether (sulfide) groups is 1. The van der Waals surface area contributed by atoms with Crippen molar-refractivity contribution in [1.82, 2.24) is 9.36 Å². The van der Waals surface area contributed by atoms with Crippen LogP contribution in [-0.2, 0) is 0 Å². The molecule has 102 valence electrons. The van der Waals surface area contributed by atoms with Crippen molar-refractivity contribution < 1.29 is 0 Å². The lowest BCUT2D eigenvalue weighted by Gasteiger charge is -2.10. The zero-order chi connectivity index (χ0) is 13.2. The van der Waals surface area contributed by atoms with E-state index in [9.17, 15) is 0 Å². The molecule has 1 fully saturated rings. The van der Waals surface area contributed by atoms with Crippen LogP contribution in [0.3, 0.4) is 0 Å². The number of aryl methyl sites for hydroxylation is 1. The molecule has 0 radical (unpaired) electrons. The first-order valence-electron chi connectivity index (χ1n) is 6.23. The second-order valence-corrected chi connectivity index (χ2v) is 7.62. The topological polar surface area (TPSA) is 63.8 Å². The van der Waals surface area contributed by atoms with Crippen molar-refractivity contribution in [1.29, 1.82) is 0 Å². The standard InChI is InChI=1S/C12H16N4S3/c1-7-15-9(6-18-7)10-11(13)16-19-12(10)14-4-8-2-3-17-5-8/h6,8,14H,2-5H2,1H3,(H2,13,16). The number of hydrogen-bond donors (Lipinski definition) is 2. The summed E-state index contributed by atoms with van der Waals surface area (Å²) in [6.45, 7) is 3.01. The van der Waals surface area contributed by atoms with Gasteiger partial charge in [0.1, 0.15) is 10.8 Å². The molecule has 0 bridgehead atoms. The normalized spacial score (nSPS) is 18.9. The van der Waals surface area contributed by atoms with Gasteiger partial charge in [0, 0.05) is 11.9 Å². The van der Waals surface area contributed by atoms with Crippen LogP contribution in [0.4, 0.5) is 10.8 Å². The molecular formula is C12H16N4S3. The quantitative estimate of drug-likeness (QED) is 0.906. The van der Waals surface area contributed by atoms with Crippen molar-refractivity contribution in [3.63, 3.8) is 0 Å². The molecule has 4 nitrogen and oxygen atoms in total. The number of thiazole rings is 1. The molecule has 3 N–H and O–H groups in total. The molecule has 1 saturated heterocycles. The van der Waals surface area contributed by atoms with Gasteiger partial charge in [0.05, 0.1) is 16.3 Å². The number of nitrogen functional groups attached to an aromatic ring is 1. The number of aromatic nitrogens is 2. The molecule has 0 saturated carbocycles. The molecule has 19 heavy (non-hydrogen) atoms. The average Bonchev–Trinajstić information content (AvgIpc) is 3.08. The fourth-order valence-corrected chi connectivity index (χ4v) is 4.75. The summed E-state index contributed by atoms with van der Waals surface area (Å²) in [6.07, 6.45) is 1.30. The predicted molar refractivity (Wildman–Crippen MR) is 86.3 cm³/mol. The van der Waals surface area contributed by atoms with E-state index in [1.165, 1.54) is 29.5 Å². The molecule has 0 amide bonds. The Labute approximate surface area is 125 Å². The molecule has 0 aliphatic carbocycles. The highest BCUT2D eigenvalue weighted by molar-refractivity contribution is 7.99. The molecule has 2 aromatic rings. The fourth-order valence-electron chi connectivity index (χ4n) is 2.13. The van der Waals surface area contributed by atoms with Gasteiger partial charge in [0.15, 0.2) is 0 Å². The number of nitrogens with two attached hydrogens (primary N) is 1. The molecule has 3 rings (SSSR count). The molecule has 2 aromatic heterocycles. The van der Waals surface area contributed by atoms with Gasteiger partial charge in [-0.25, -0.2) is 4.98 Å². The van der Waals surface area contributed by atoms with Gasteiger partial charge in [-0.1, -0.05) is 0 Å². The lowest BCUT2D eigenvalue weighted by molar-refractivity contribution is 0.633. The van der Waals surface area contributed by atoms with Gasteiger partial charge < -0.3 is 11.1 Å². The highest BCUT2D eigenvalue weighted by Crippen LogP contribution is 2.37. The monoisotopic (exact) mass is 312 g/mol. The Balaban J connectivity index is 1.78. The predicted octanol–water partition coefficient (Wildman–Crippen LogP) is 3.32. The fraction of sp³-hybridized carbons (Fsp3) is 0.500. The van der Waals surface area contributed by atoms with E-state index in [0.29, 0.717) is 5.82 Å². The van der Waals surface area contributed by atoms with E-state index in [1.807, 2.05) is 24.1 Å². The van der Waals surface area contributed by atoms with Crippen LogP contribution in [0.5, 0.6) is 0 Å². The molecule has 0 spiro atoms. The van der Waals surface area contributed by atoms with Crippen molar-refractivity contribution in [2.24, 2.45) is 5.92 Å². The molecule has 1 atom stereocenters. The summed E-state index contributed by atoms with van der Waals surface area (Å²) in [5, 5.41) is 7.67. The molecule has 1 aliphatic heterocycles. The number of nitrogens with one attached hydrogen (secondary N) is 1. The van der Waals surface area contributed by atoms with Crippen LogP contribution in [0.2, 0.25) is 0 Å². The first-order chi connectivity index (χ1) is 9.24. The summed E-state index contributed by atoms with van der Waals surface area (Å²) in [4.78, 5) is 4.52. The Kier molecular flexibility index (Phi) is 3.95. The Morgan fingerprint density at radius 3 is 3.11 bits per heavy atom. The number of nitrogens with zero attached hydrogens (tertiary/aromatic N) is 2. The summed E-state index contributed by atoms with van der Waals surface area (Å²) in [7, 11) is 0. The van der Waals surface area contributed by atoms with Gasteiger partial charge in [0.25, 0.3) is 0 Å². The largest absolute Gasteiger partial charge is 0.382 e. The average molecular weight is 312 g/mol. The smallest absolute Gasteiger partial charge is 0.148 e. The molecule has 7 heteroatoms. The highest BCUT2D eigenvalue weighted by atomic mass is 32.2. The number of anilines is 2. The summed E-state index contributed by atoms with van der Waals surface area (Å²) < 4.78 is 4.26. The van der Waals surface area contributed by atoms with Gasteiger partial charge in [-0.15, -0.1) is 11.3 Å². The van der Waals surface area contributed by atoms with E-state index in [2.05, 4.69) is 14.7 Å². The third-order valence-electron chi connectivity index (χ3n) is 3.17. The van der Waals surface area contributed by atoms with E-state index < -0.39 is 0 Å². The van der Waals surface area contributed by atoms with Crippen LogP contribution in [0, 0.1) is 12.8 Å². The lowest BCUT2D eigenvalue weighted by Crippen LogP contribution is -2.13. The van der Waals surface area contributed by atoms with E-state index in [4.69, 9.17) is 5.73 Å². The van der Waals surface area contributed by atoms with Crippen molar-refractivity contribution in [3.8, 4) is 11.3 Å². The summed E-state index contributed by atoms with van der Waals surface area (Å²) in [6, 6.07) is 0. The molecule has 1 aliphatic rings. The van der Waals surface area contributed by atoms with Crippen LogP contribution in [-0.4, -0.2) is 27.4 Å².